The Bertz CT molecular complexity index is 627. The average Bonchev–Trinajstić information content (AvgIpc) is 2.46. The minimum atomic E-state index is -0.858. The third kappa shape index (κ3) is 2.48. The van der Waals surface area contributed by atoms with Crippen LogP contribution in [0.15, 0.2) is 18.5 Å². The first-order valence-corrected chi connectivity index (χ1v) is 6.56. The van der Waals surface area contributed by atoms with Gasteiger partial charge in [-0.25, -0.2) is 18.7 Å². The van der Waals surface area contributed by atoms with Crippen molar-refractivity contribution in [3.05, 3.63) is 41.2 Å². The minimum Gasteiger partial charge on any atom is -0.373 e. The highest BCUT2D eigenvalue weighted by Gasteiger charge is 2.18. The maximum absolute atomic E-state index is 14.1. The summed E-state index contributed by atoms with van der Waals surface area (Å²) in [6.45, 7) is 3.55. The molecule has 20 heavy (non-hydrogen) atoms. The van der Waals surface area contributed by atoms with Gasteiger partial charge in [-0.05, 0) is 25.0 Å². The van der Waals surface area contributed by atoms with Crippen molar-refractivity contribution in [2.45, 2.75) is 26.7 Å². The van der Waals surface area contributed by atoms with Crippen LogP contribution in [0.5, 0.6) is 0 Å². The molecule has 0 saturated carbocycles. The van der Waals surface area contributed by atoms with E-state index in [0.717, 1.165) is 12.0 Å². The van der Waals surface area contributed by atoms with Gasteiger partial charge in [0.25, 0.3) is 0 Å². The molecule has 5 heteroatoms. The summed E-state index contributed by atoms with van der Waals surface area (Å²) < 4.78 is 27.9. The van der Waals surface area contributed by atoms with Crippen molar-refractivity contribution < 1.29 is 8.78 Å². The fourth-order valence-corrected chi connectivity index (χ4v) is 2.18. The van der Waals surface area contributed by atoms with Gasteiger partial charge in [0, 0.05) is 18.2 Å². The van der Waals surface area contributed by atoms with Crippen LogP contribution in [0, 0.1) is 18.6 Å². The van der Waals surface area contributed by atoms with E-state index in [4.69, 9.17) is 0 Å². The Morgan fingerprint density at radius 2 is 1.90 bits per heavy atom. The molecular weight excluding hydrogens is 260 g/mol. The molecule has 0 atom stereocenters. The van der Waals surface area contributed by atoms with Crippen LogP contribution in [0.4, 0.5) is 14.6 Å². The number of hydrogen-bond acceptors (Lipinski definition) is 3. The number of hydrogen-bond donors (Lipinski definition) is 1. The molecule has 0 unspecified atom stereocenters. The zero-order chi connectivity index (χ0) is 14.7. The summed E-state index contributed by atoms with van der Waals surface area (Å²) in [6.07, 6.45) is 2.92. The van der Waals surface area contributed by atoms with E-state index in [2.05, 4.69) is 15.3 Å². The number of aromatic nitrogens is 2. The number of benzene rings is 1. The monoisotopic (exact) mass is 277 g/mol. The van der Waals surface area contributed by atoms with Gasteiger partial charge >= 0.3 is 0 Å². The van der Waals surface area contributed by atoms with E-state index in [9.17, 15) is 8.78 Å². The van der Waals surface area contributed by atoms with Gasteiger partial charge in [0.1, 0.15) is 12.1 Å². The molecule has 0 amide bonds. The molecule has 1 heterocycles. The third-order valence-corrected chi connectivity index (χ3v) is 3.21. The highest BCUT2D eigenvalue weighted by Crippen LogP contribution is 2.30. The van der Waals surface area contributed by atoms with Crippen LogP contribution in [-0.2, 0) is 6.42 Å². The normalized spacial score (nSPS) is 10.7. The fraction of sp³-hybridized carbons (Fsp3) is 0.333. The first kappa shape index (κ1) is 14.4. The number of anilines is 1. The lowest BCUT2D eigenvalue weighted by Gasteiger charge is -2.13. The number of rotatable bonds is 4. The molecule has 0 aliphatic heterocycles. The minimum absolute atomic E-state index is 0.176. The molecule has 106 valence electrons. The van der Waals surface area contributed by atoms with E-state index >= 15 is 0 Å². The van der Waals surface area contributed by atoms with Crippen LogP contribution in [0.25, 0.3) is 11.3 Å². The predicted molar refractivity (Wildman–Crippen MR) is 75.7 cm³/mol. The molecule has 1 N–H and O–H groups in total. The SMILES string of the molecule is CCCc1c(NC)ncnc1-c1ccc(C)c(F)c1F. The van der Waals surface area contributed by atoms with Crippen molar-refractivity contribution in [1.29, 1.82) is 0 Å². The van der Waals surface area contributed by atoms with Gasteiger partial charge in [-0.3, -0.25) is 0 Å². The summed E-state index contributed by atoms with van der Waals surface area (Å²) >= 11 is 0. The molecule has 0 fully saturated rings. The van der Waals surface area contributed by atoms with Gasteiger partial charge in [0.05, 0.1) is 5.69 Å². The number of nitrogens with zero attached hydrogens (tertiary/aromatic N) is 2. The van der Waals surface area contributed by atoms with Gasteiger partial charge in [-0.2, -0.15) is 0 Å². The van der Waals surface area contributed by atoms with Crippen molar-refractivity contribution in [1.82, 2.24) is 9.97 Å². The molecule has 1 aromatic heterocycles. The summed E-state index contributed by atoms with van der Waals surface area (Å²) in [5.74, 6) is -1.03. The summed E-state index contributed by atoms with van der Waals surface area (Å²) in [4.78, 5) is 8.28. The second kappa shape index (κ2) is 5.94. The maximum atomic E-state index is 14.1. The Morgan fingerprint density at radius 3 is 2.55 bits per heavy atom. The molecule has 0 radical (unpaired) electrons. The highest BCUT2D eigenvalue weighted by molar-refractivity contribution is 5.69. The van der Waals surface area contributed by atoms with E-state index in [0.29, 0.717) is 17.9 Å². The molecule has 0 bridgehead atoms. The zero-order valence-electron chi connectivity index (χ0n) is 11.8. The second-order valence-corrected chi connectivity index (χ2v) is 4.61. The molecule has 0 aliphatic carbocycles. The van der Waals surface area contributed by atoms with Crippen molar-refractivity contribution in [3.8, 4) is 11.3 Å². The molecule has 0 spiro atoms. The Kier molecular flexibility index (Phi) is 4.27. The number of nitrogens with one attached hydrogen (secondary N) is 1. The molecule has 0 saturated heterocycles. The van der Waals surface area contributed by atoms with E-state index in [1.807, 2.05) is 6.92 Å². The van der Waals surface area contributed by atoms with Gasteiger partial charge < -0.3 is 5.32 Å². The first-order chi connectivity index (χ1) is 9.60. The third-order valence-electron chi connectivity index (χ3n) is 3.21. The molecule has 1 aromatic carbocycles. The zero-order valence-corrected chi connectivity index (χ0v) is 11.8. The van der Waals surface area contributed by atoms with Crippen molar-refractivity contribution in [3.63, 3.8) is 0 Å². The smallest absolute Gasteiger partial charge is 0.168 e. The van der Waals surface area contributed by atoms with Gasteiger partial charge in [0.2, 0.25) is 0 Å². The molecule has 2 rings (SSSR count). The van der Waals surface area contributed by atoms with E-state index in [1.54, 1.807) is 19.2 Å². The Hall–Kier alpha value is -2.04. The van der Waals surface area contributed by atoms with Crippen molar-refractivity contribution >= 4 is 5.82 Å². The standard InChI is InChI=1S/C15H17F2N3/c1-4-5-11-14(19-8-20-15(11)18-3)10-7-6-9(2)12(16)13(10)17/h6-8H,4-5H2,1-3H3,(H,18,19,20). The van der Waals surface area contributed by atoms with Gasteiger partial charge in [0.15, 0.2) is 11.6 Å². The van der Waals surface area contributed by atoms with E-state index in [1.165, 1.54) is 13.3 Å². The van der Waals surface area contributed by atoms with E-state index in [-0.39, 0.29) is 11.1 Å². The van der Waals surface area contributed by atoms with Gasteiger partial charge in [-0.1, -0.05) is 19.4 Å². The second-order valence-electron chi connectivity index (χ2n) is 4.61. The number of aryl methyl sites for hydroxylation is 1. The summed E-state index contributed by atoms with van der Waals surface area (Å²) in [7, 11) is 1.75. The highest BCUT2D eigenvalue weighted by atomic mass is 19.2. The molecule has 2 aromatic rings. The van der Waals surface area contributed by atoms with Crippen molar-refractivity contribution in [2.75, 3.05) is 12.4 Å². The van der Waals surface area contributed by atoms with Crippen LogP contribution in [0.3, 0.4) is 0 Å². The Morgan fingerprint density at radius 1 is 1.15 bits per heavy atom. The van der Waals surface area contributed by atoms with Gasteiger partial charge in [-0.15, -0.1) is 0 Å². The van der Waals surface area contributed by atoms with Crippen LogP contribution >= 0.6 is 0 Å². The Labute approximate surface area is 117 Å². The first-order valence-electron chi connectivity index (χ1n) is 6.56. The van der Waals surface area contributed by atoms with Crippen LogP contribution < -0.4 is 5.32 Å². The molecule has 3 nitrogen and oxygen atoms in total. The molecular formula is C15H17F2N3. The summed E-state index contributed by atoms with van der Waals surface area (Å²) in [6, 6.07) is 3.12. The predicted octanol–water partition coefficient (Wildman–Crippen LogP) is 3.72. The largest absolute Gasteiger partial charge is 0.373 e. The lowest BCUT2D eigenvalue weighted by atomic mass is 10.0. The lowest BCUT2D eigenvalue weighted by Crippen LogP contribution is -2.04. The fourth-order valence-electron chi connectivity index (χ4n) is 2.18. The topological polar surface area (TPSA) is 37.8 Å². The molecule has 0 aliphatic rings. The van der Waals surface area contributed by atoms with Crippen molar-refractivity contribution in [2.24, 2.45) is 0 Å². The van der Waals surface area contributed by atoms with E-state index < -0.39 is 11.6 Å². The summed E-state index contributed by atoms with van der Waals surface area (Å²) in [5, 5.41) is 2.97. The van der Waals surface area contributed by atoms with Crippen LogP contribution in [-0.4, -0.2) is 17.0 Å². The lowest BCUT2D eigenvalue weighted by molar-refractivity contribution is 0.505. The number of halogens is 2. The van der Waals surface area contributed by atoms with Crippen LogP contribution in [0.1, 0.15) is 24.5 Å². The van der Waals surface area contributed by atoms with Crippen LogP contribution in [0.2, 0.25) is 0 Å². The maximum Gasteiger partial charge on any atom is 0.168 e. The summed E-state index contributed by atoms with van der Waals surface area (Å²) in [5.41, 5.74) is 1.71. The quantitative estimate of drug-likeness (QED) is 0.925. The average molecular weight is 277 g/mol. The Balaban J connectivity index is 2.66.